The molecule has 30 heavy (non-hydrogen) atoms. The van der Waals surface area contributed by atoms with E-state index in [9.17, 15) is 14.9 Å². The second kappa shape index (κ2) is 7.52. The Labute approximate surface area is 177 Å². The number of carbonyl (C=O) groups excluding carboxylic acids is 1. The van der Waals surface area contributed by atoms with E-state index in [1.54, 1.807) is 12.1 Å². The normalized spacial score (nSPS) is 33.4. The number of hydrogen-bond donors (Lipinski definition) is 1. The van der Waals surface area contributed by atoms with Crippen molar-refractivity contribution >= 4 is 17.3 Å². The van der Waals surface area contributed by atoms with Crippen LogP contribution in [0.15, 0.2) is 18.2 Å². The molecule has 7 nitrogen and oxygen atoms in total. The fourth-order valence-corrected chi connectivity index (χ4v) is 7.02. The predicted octanol–water partition coefficient (Wildman–Crippen LogP) is 3.77. The number of carbonyl (C=O) groups is 1. The summed E-state index contributed by atoms with van der Waals surface area (Å²) in [6.45, 7) is 4.50. The van der Waals surface area contributed by atoms with Gasteiger partial charge < -0.3 is 15.0 Å². The van der Waals surface area contributed by atoms with Gasteiger partial charge in [-0.2, -0.15) is 0 Å². The maximum absolute atomic E-state index is 13.0. The summed E-state index contributed by atoms with van der Waals surface area (Å²) in [7, 11) is 0. The molecule has 162 valence electrons. The van der Waals surface area contributed by atoms with Gasteiger partial charge in [0, 0.05) is 30.8 Å². The van der Waals surface area contributed by atoms with Crippen molar-refractivity contribution in [3.05, 3.63) is 33.9 Å². The van der Waals surface area contributed by atoms with Crippen molar-refractivity contribution in [1.82, 2.24) is 5.32 Å². The molecule has 0 aromatic heterocycles. The zero-order valence-electron chi connectivity index (χ0n) is 17.6. The quantitative estimate of drug-likeness (QED) is 0.587. The number of ether oxygens (including phenoxy) is 1. The van der Waals surface area contributed by atoms with Gasteiger partial charge in [-0.3, -0.25) is 14.9 Å². The monoisotopic (exact) mass is 413 g/mol. The molecule has 0 radical (unpaired) electrons. The molecule has 1 aromatic rings. The summed E-state index contributed by atoms with van der Waals surface area (Å²) < 4.78 is 5.35. The molecule has 1 heterocycles. The summed E-state index contributed by atoms with van der Waals surface area (Å²) in [6.07, 6.45) is 7.77. The SMILES string of the molecule is C[C@@H](NC(=O)c1ccc(N2CCOCC2)c([N+](=O)[O-])c1)C12CC3CC(CC(C3)C1)C2. The summed E-state index contributed by atoms with van der Waals surface area (Å²) in [6, 6.07) is 4.97. The number of benzene rings is 1. The zero-order chi connectivity index (χ0) is 20.9. The van der Waals surface area contributed by atoms with Gasteiger partial charge >= 0.3 is 0 Å². The number of nitro groups is 1. The van der Waals surface area contributed by atoms with Crippen LogP contribution in [0.2, 0.25) is 0 Å². The minimum atomic E-state index is -0.385. The first-order valence-electron chi connectivity index (χ1n) is 11.4. The molecule has 4 bridgehead atoms. The molecule has 1 atom stereocenters. The van der Waals surface area contributed by atoms with Crippen LogP contribution in [0.4, 0.5) is 11.4 Å². The Kier molecular flexibility index (Phi) is 4.96. The Hall–Kier alpha value is -2.15. The number of nitrogens with zero attached hydrogens (tertiary/aromatic N) is 2. The van der Waals surface area contributed by atoms with Crippen LogP contribution in [0, 0.1) is 33.3 Å². The van der Waals surface area contributed by atoms with Gasteiger partial charge in [-0.05, 0) is 80.8 Å². The highest BCUT2D eigenvalue weighted by atomic mass is 16.6. The van der Waals surface area contributed by atoms with E-state index in [2.05, 4.69) is 12.2 Å². The summed E-state index contributed by atoms with van der Waals surface area (Å²) in [5.41, 5.74) is 1.14. The Balaban J connectivity index is 1.33. The molecular formula is C23H31N3O4. The first-order valence-corrected chi connectivity index (χ1v) is 11.4. The van der Waals surface area contributed by atoms with E-state index >= 15 is 0 Å². The second-order valence-electron chi connectivity index (χ2n) is 10.0. The molecule has 1 saturated heterocycles. The van der Waals surface area contributed by atoms with Gasteiger partial charge in [-0.1, -0.05) is 0 Å². The summed E-state index contributed by atoms with van der Waals surface area (Å²) >= 11 is 0. The Morgan fingerprint density at radius 2 is 1.77 bits per heavy atom. The number of hydrogen-bond acceptors (Lipinski definition) is 5. The number of nitrogens with one attached hydrogen (secondary N) is 1. The van der Waals surface area contributed by atoms with E-state index in [0.717, 1.165) is 17.8 Å². The largest absolute Gasteiger partial charge is 0.378 e. The van der Waals surface area contributed by atoms with Crippen LogP contribution in [0.5, 0.6) is 0 Å². The highest BCUT2D eigenvalue weighted by Gasteiger charge is 2.53. The van der Waals surface area contributed by atoms with Crippen molar-refractivity contribution < 1.29 is 14.5 Å². The molecule has 4 aliphatic carbocycles. The number of anilines is 1. The fraction of sp³-hybridized carbons (Fsp3) is 0.696. The third-order valence-corrected chi connectivity index (χ3v) is 8.14. The molecule has 1 N–H and O–H groups in total. The van der Waals surface area contributed by atoms with Crippen molar-refractivity contribution in [1.29, 1.82) is 0 Å². The lowest BCUT2D eigenvalue weighted by Crippen LogP contribution is -2.55. The van der Waals surface area contributed by atoms with Crippen molar-refractivity contribution in [3.63, 3.8) is 0 Å². The van der Waals surface area contributed by atoms with Gasteiger partial charge in [0.2, 0.25) is 0 Å². The molecule has 5 fully saturated rings. The second-order valence-corrected chi connectivity index (χ2v) is 10.0. The molecular weight excluding hydrogens is 382 g/mol. The van der Waals surface area contributed by atoms with Gasteiger partial charge in [0.15, 0.2) is 0 Å². The number of morpholine rings is 1. The van der Waals surface area contributed by atoms with Gasteiger partial charge in [0.25, 0.3) is 11.6 Å². The average Bonchev–Trinajstić information content (AvgIpc) is 2.73. The number of rotatable bonds is 5. The molecule has 0 unspecified atom stereocenters. The number of amides is 1. The minimum Gasteiger partial charge on any atom is -0.378 e. The molecule has 6 rings (SSSR count). The van der Waals surface area contributed by atoms with Crippen LogP contribution in [-0.4, -0.2) is 43.2 Å². The third-order valence-electron chi connectivity index (χ3n) is 8.14. The lowest BCUT2D eigenvalue weighted by Gasteiger charge is -2.59. The van der Waals surface area contributed by atoms with Crippen LogP contribution in [0.1, 0.15) is 55.8 Å². The van der Waals surface area contributed by atoms with Crippen LogP contribution in [-0.2, 0) is 4.74 Å². The molecule has 0 spiro atoms. The summed E-state index contributed by atoms with van der Waals surface area (Å²) in [5.74, 6) is 2.27. The predicted molar refractivity (Wildman–Crippen MR) is 114 cm³/mol. The Bertz CT molecular complexity index is 814. The maximum Gasteiger partial charge on any atom is 0.293 e. The average molecular weight is 414 g/mol. The van der Waals surface area contributed by atoms with Gasteiger partial charge in [-0.25, -0.2) is 0 Å². The molecule has 5 aliphatic rings. The van der Waals surface area contributed by atoms with Crippen LogP contribution in [0.3, 0.4) is 0 Å². The van der Waals surface area contributed by atoms with Crippen molar-refractivity contribution in [3.8, 4) is 0 Å². The van der Waals surface area contributed by atoms with Crippen LogP contribution < -0.4 is 10.2 Å². The molecule has 7 heteroatoms. The molecule has 1 aromatic carbocycles. The fourth-order valence-electron chi connectivity index (χ4n) is 7.02. The standard InChI is InChI=1S/C23H31N3O4/c1-15(23-12-16-8-17(13-23)10-18(9-16)14-23)24-22(27)19-2-3-20(21(11-19)26(28)29)25-4-6-30-7-5-25/h2-3,11,15-18H,4-10,12-14H2,1H3,(H,24,27)/t15-,16?,17?,18?,23?/m1/s1. The van der Waals surface area contributed by atoms with Crippen molar-refractivity contribution in [2.24, 2.45) is 23.2 Å². The highest BCUT2D eigenvalue weighted by molar-refractivity contribution is 5.96. The van der Waals surface area contributed by atoms with E-state index in [0.29, 0.717) is 37.6 Å². The maximum atomic E-state index is 13.0. The lowest BCUT2D eigenvalue weighted by molar-refractivity contribution is -0.384. The van der Waals surface area contributed by atoms with E-state index in [-0.39, 0.29) is 28.0 Å². The van der Waals surface area contributed by atoms with E-state index < -0.39 is 0 Å². The van der Waals surface area contributed by atoms with E-state index in [1.807, 2.05) is 4.90 Å². The van der Waals surface area contributed by atoms with E-state index in [4.69, 9.17) is 4.74 Å². The Morgan fingerprint density at radius 1 is 1.17 bits per heavy atom. The highest BCUT2D eigenvalue weighted by Crippen LogP contribution is 2.61. The van der Waals surface area contributed by atoms with Gasteiger partial charge in [0.1, 0.15) is 5.69 Å². The van der Waals surface area contributed by atoms with Crippen LogP contribution >= 0.6 is 0 Å². The summed E-state index contributed by atoms with van der Waals surface area (Å²) in [4.78, 5) is 26.3. The van der Waals surface area contributed by atoms with E-state index in [1.165, 1.54) is 44.6 Å². The third kappa shape index (κ3) is 3.47. The van der Waals surface area contributed by atoms with Crippen molar-refractivity contribution in [2.75, 3.05) is 31.2 Å². The molecule has 1 amide bonds. The zero-order valence-corrected chi connectivity index (χ0v) is 17.6. The van der Waals surface area contributed by atoms with Gasteiger partial charge in [-0.15, -0.1) is 0 Å². The Morgan fingerprint density at radius 3 is 2.33 bits per heavy atom. The van der Waals surface area contributed by atoms with Gasteiger partial charge in [0.05, 0.1) is 18.1 Å². The van der Waals surface area contributed by atoms with Crippen molar-refractivity contribution in [2.45, 2.75) is 51.5 Å². The molecule has 1 aliphatic heterocycles. The number of nitro benzene ring substituents is 1. The van der Waals surface area contributed by atoms with Crippen LogP contribution in [0.25, 0.3) is 0 Å². The first-order chi connectivity index (χ1) is 14.4. The summed E-state index contributed by atoms with van der Waals surface area (Å²) in [5, 5.41) is 14.9. The first kappa shape index (κ1) is 19.8. The smallest absolute Gasteiger partial charge is 0.293 e. The molecule has 4 saturated carbocycles. The minimum absolute atomic E-state index is 0.00740. The topological polar surface area (TPSA) is 84.7 Å². The lowest BCUT2D eigenvalue weighted by atomic mass is 9.48.